The molecule has 0 bridgehead atoms. The van der Waals surface area contributed by atoms with Gasteiger partial charge in [0.05, 0.1) is 18.7 Å². The molecule has 2 aliphatic carbocycles. The largest absolute Gasteiger partial charge is 0.394 e. The third-order valence-corrected chi connectivity index (χ3v) is 5.62. The van der Waals surface area contributed by atoms with E-state index in [2.05, 4.69) is 24.3 Å². The summed E-state index contributed by atoms with van der Waals surface area (Å²) in [4.78, 5) is 14.1. The van der Waals surface area contributed by atoms with Crippen LogP contribution >= 0.6 is 0 Å². The third kappa shape index (κ3) is 2.35. The van der Waals surface area contributed by atoms with Crippen LogP contribution in [0, 0.1) is 17.2 Å². The molecular formula is C20H22N2O2. The second kappa shape index (κ2) is 6.07. The van der Waals surface area contributed by atoms with Gasteiger partial charge in [0.25, 0.3) is 0 Å². The molecule has 4 rings (SSSR count). The summed E-state index contributed by atoms with van der Waals surface area (Å²) in [5.74, 6) is 0.0263. The Morgan fingerprint density at radius 1 is 1.33 bits per heavy atom. The van der Waals surface area contributed by atoms with Crippen molar-refractivity contribution in [3.63, 3.8) is 0 Å². The molecule has 2 fully saturated rings. The molecule has 124 valence electrons. The van der Waals surface area contributed by atoms with Crippen molar-refractivity contribution >= 4 is 11.5 Å². The van der Waals surface area contributed by atoms with Crippen molar-refractivity contribution in [3.8, 4) is 6.07 Å². The zero-order valence-electron chi connectivity index (χ0n) is 13.7. The summed E-state index contributed by atoms with van der Waals surface area (Å²) in [6, 6.07) is 9.78. The number of nitriles is 1. The number of hydrogen-bond donors (Lipinski definition) is 1. The number of benzene rings is 1. The molecule has 4 heteroatoms. The maximum atomic E-state index is 12.5. The first-order valence-electron chi connectivity index (χ1n) is 8.87. The Kier molecular flexibility index (Phi) is 3.90. The number of carbonyl (C=O) groups excluding carboxylic acids is 1. The Labute approximate surface area is 142 Å². The highest BCUT2D eigenvalue weighted by molar-refractivity contribution is 5.84. The van der Waals surface area contributed by atoms with Gasteiger partial charge < -0.3 is 10.0 Å². The van der Waals surface area contributed by atoms with Crippen LogP contribution in [0.25, 0.3) is 5.57 Å². The molecule has 1 amide bonds. The Hall–Kier alpha value is -2.12. The lowest BCUT2D eigenvalue weighted by Crippen LogP contribution is -2.65. The van der Waals surface area contributed by atoms with Crippen LogP contribution in [0.3, 0.4) is 0 Å². The van der Waals surface area contributed by atoms with Crippen LogP contribution in [0.1, 0.15) is 49.1 Å². The van der Waals surface area contributed by atoms with Crippen LogP contribution in [-0.2, 0) is 4.79 Å². The van der Waals surface area contributed by atoms with Gasteiger partial charge in [-0.1, -0.05) is 30.3 Å². The van der Waals surface area contributed by atoms with Crippen molar-refractivity contribution in [2.24, 2.45) is 5.92 Å². The van der Waals surface area contributed by atoms with E-state index < -0.39 is 6.04 Å². The summed E-state index contributed by atoms with van der Waals surface area (Å²) in [6.45, 7) is -0.0886. The van der Waals surface area contributed by atoms with Gasteiger partial charge in [-0.3, -0.25) is 4.79 Å². The van der Waals surface area contributed by atoms with Crippen LogP contribution in [0.15, 0.2) is 30.3 Å². The first kappa shape index (κ1) is 15.4. The molecular weight excluding hydrogens is 300 g/mol. The van der Waals surface area contributed by atoms with Gasteiger partial charge in [0.1, 0.15) is 6.04 Å². The summed E-state index contributed by atoms with van der Waals surface area (Å²) in [7, 11) is 0. The summed E-state index contributed by atoms with van der Waals surface area (Å²) in [5.41, 5.74) is 3.64. The number of aliphatic hydroxyl groups is 1. The number of carbonyl (C=O) groups is 1. The van der Waals surface area contributed by atoms with E-state index in [4.69, 9.17) is 0 Å². The number of rotatable bonds is 4. The zero-order valence-corrected chi connectivity index (χ0v) is 13.7. The molecule has 24 heavy (non-hydrogen) atoms. The fraction of sp³-hybridized carbons (Fsp3) is 0.500. The highest BCUT2D eigenvalue weighted by atomic mass is 16.3. The number of likely N-dealkylation sites (tertiary alicyclic amines) is 1. The second-order valence-corrected chi connectivity index (χ2v) is 7.08. The summed E-state index contributed by atoms with van der Waals surface area (Å²) in [6.07, 6.45) is 7.45. The number of aliphatic hydroxyl groups excluding tert-OH is 1. The van der Waals surface area contributed by atoms with Crippen molar-refractivity contribution in [1.82, 2.24) is 4.90 Å². The molecule has 1 saturated carbocycles. The Morgan fingerprint density at radius 2 is 2.12 bits per heavy atom. The molecule has 4 nitrogen and oxygen atoms in total. The Balaban J connectivity index is 1.68. The predicted molar refractivity (Wildman–Crippen MR) is 90.9 cm³/mol. The quantitative estimate of drug-likeness (QED) is 0.927. The Bertz CT molecular complexity index is 729. The number of hydrogen-bond acceptors (Lipinski definition) is 3. The first-order valence-corrected chi connectivity index (χ1v) is 8.87. The van der Waals surface area contributed by atoms with E-state index >= 15 is 0 Å². The maximum absolute atomic E-state index is 12.5. The highest BCUT2D eigenvalue weighted by Crippen LogP contribution is 2.46. The summed E-state index contributed by atoms with van der Waals surface area (Å²) < 4.78 is 0. The molecule has 3 aliphatic rings. The molecule has 1 N–H and O–H groups in total. The average molecular weight is 322 g/mol. The van der Waals surface area contributed by atoms with Crippen LogP contribution in [0.2, 0.25) is 0 Å². The van der Waals surface area contributed by atoms with Crippen molar-refractivity contribution < 1.29 is 9.90 Å². The lowest BCUT2D eigenvalue weighted by molar-refractivity contribution is -0.148. The van der Waals surface area contributed by atoms with E-state index in [0.29, 0.717) is 0 Å². The van der Waals surface area contributed by atoms with Crippen molar-refractivity contribution in [2.75, 3.05) is 6.61 Å². The van der Waals surface area contributed by atoms with Crippen LogP contribution < -0.4 is 0 Å². The number of allylic oxidation sites excluding steroid dienone is 2. The normalized spacial score (nSPS) is 28.9. The zero-order chi connectivity index (χ0) is 16.7. The van der Waals surface area contributed by atoms with Gasteiger partial charge in [-0.15, -0.1) is 0 Å². The molecule has 1 heterocycles. The SMILES string of the molecule is N#C[C@H]1[C@@H](c2ccccc2C2=CCCC2)[C@H](CO)N1C(=O)C1CC1. The number of nitrogens with zero attached hydrogens (tertiary/aromatic N) is 2. The van der Waals surface area contributed by atoms with Gasteiger partial charge in [-0.2, -0.15) is 5.26 Å². The predicted octanol–water partition coefficient (Wildman–Crippen LogP) is 2.84. The minimum Gasteiger partial charge on any atom is -0.394 e. The first-order chi connectivity index (χ1) is 11.8. The highest BCUT2D eigenvalue weighted by Gasteiger charge is 2.54. The molecule has 1 aromatic rings. The van der Waals surface area contributed by atoms with E-state index in [1.807, 2.05) is 12.1 Å². The topological polar surface area (TPSA) is 64.3 Å². The van der Waals surface area contributed by atoms with Crippen molar-refractivity contribution in [3.05, 3.63) is 41.5 Å². The van der Waals surface area contributed by atoms with Crippen LogP contribution in [-0.4, -0.2) is 34.6 Å². The fourth-order valence-electron chi connectivity index (χ4n) is 4.22. The number of amides is 1. The minimum atomic E-state index is -0.460. The molecule has 1 aliphatic heterocycles. The van der Waals surface area contributed by atoms with Gasteiger partial charge in [0.15, 0.2) is 0 Å². The van der Waals surface area contributed by atoms with E-state index in [-0.39, 0.29) is 30.4 Å². The lowest BCUT2D eigenvalue weighted by atomic mass is 9.73. The molecule has 1 saturated heterocycles. The van der Waals surface area contributed by atoms with Crippen LogP contribution in [0.5, 0.6) is 0 Å². The third-order valence-electron chi connectivity index (χ3n) is 5.62. The monoisotopic (exact) mass is 322 g/mol. The smallest absolute Gasteiger partial charge is 0.227 e. The molecule has 0 unspecified atom stereocenters. The van der Waals surface area contributed by atoms with Gasteiger partial charge in [-0.25, -0.2) is 0 Å². The molecule has 0 radical (unpaired) electrons. The minimum absolute atomic E-state index is 0.0504. The maximum Gasteiger partial charge on any atom is 0.227 e. The van der Waals surface area contributed by atoms with Crippen molar-refractivity contribution in [1.29, 1.82) is 5.26 Å². The summed E-state index contributed by atoms with van der Waals surface area (Å²) >= 11 is 0. The van der Waals surface area contributed by atoms with Crippen molar-refractivity contribution in [2.45, 2.75) is 50.1 Å². The molecule has 0 spiro atoms. The van der Waals surface area contributed by atoms with Gasteiger partial charge in [0, 0.05) is 11.8 Å². The average Bonchev–Trinajstić information content (AvgIpc) is 3.30. The van der Waals surface area contributed by atoms with Gasteiger partial charge in [0.2, 0.25) is 5.91 Å². The molecule has 1 aromatic carbocycles. The Morgan fingerprint density at radius 3 is 2.75 bits per heavy atom. The van der Waals surface area contributed by atoms with E-state index in [1.54, 1.807) is 4.90 Å². The van der Waals surface area contributed by atoms with E-state index in [9.17, 15) is 15.2 Å². The standard InChI is InChI=1S/C20H22N2O2/c21-11-17-19(18(12-23)22(17)20(24)14-9-10-14)16-8-4-3-7-15(16)13-5-1-2-6-13/h3-5,7-8,14,17-19,23H,1-2,6,9-10,12H2/t17-,18-,19+/m0/s1. The van der Waals surface area contributed by atoms with Crippen LogP contribution in [0.4, 0.5) is 0 Å². The van der Waals surface area contributed by atoms with Gasteiger partial charge >= 0.3 is 0 Å². The van der Waals surface area contributed by atoms with E-state index in [1.165, 1.54) is 17.6 Å². The lowest BCUT2D eigenvalue weighted by Gasteiger charge is -2.52. The molecule has 0 aromatic heterocycles. The molecule has 3 atom stereocenters. The fourth-order valence-corrected chi connectivity index (χ4v) is 4.22. The van der Waals surface area contributed by atoms with Gasteiger partial charge in [-0.05, 0) is 48.8 Å². The second-order valence-electron chi connectivity index (χ2n) is 7.08. The summed E-state index contributed by atoms with van der Waals surface area (Å²) in [5, 5.41) is 19.6. The van der Waals surface area contributed by atoms with E-state index in [0.717, 1.165) is 31.2 Å².